The summed E-state index contributed by atoms with van der Waals surface area (Å²) in [5.41, 5.74) is 0.674. The van der Waals surface area contributed by atoms with Crippen LogP contribution in [0.1, 0.15) is 25.8 Å². The van der Waals surface area contributed by atoms with Crippen LogP contribution in [0, 0.1) is 5.92 Å². The second-order valence-corrected chi connectivity index (χ2v) is 6.41. The van der Waals surface area contributed by atoms with Gasteiger partial charge < -0.3 is 14.5 Å². The first-order valence-corrected chi connectivity index (χ1v) is 7.96. The number of likely N-dealkylation sites (tertiary alicyclic amines) is 1. The molecule has 2 amide bonds. The number of halogens is 3. The van der Waals surface area contributed by atoms with Crippen LogP contribution in [0.15, 0.2) is 24.3 Å². The summed E-state index contributed by atoms with van der Waals surface area (Å²) in [7, 11) is 1.71. The number of carbonyl (C=O) groups is 2. The highest BCUT2D eigenvalue weighted by Gasteiger charge is 2.36. The SMILES string of the molecule is CC(C)N(C)C(=O)C1CC(=O)N(Cc2ccc(OC(F)(F)F)cc2)C1. The molecule has 0 aromatic heterocycles. The fraction of sp³-hybridized carbons (Fsp3) is 0.529. The summed E-state index contributed by atoms with van der Waals surface area (Å²) in [5.74, 6) is -0.894. The maximum Gasteiger partial charge on any atom is 0.573 e. The lowest BCUT2D eigenvalue weighted by Crippen LogP contribution is -2.38. The summed E-state index contributed by atoms with van der Waals surface area (Å²) in [6.07, 6.45) is -4.58. The number of hydrogen-bond donors (Lipinski definition) is 0. The van der Waals surface area contributed by atoms with E-state index in [0.717, 1.165) is 0 Å². The normalized spacial score (nSPS) is 18.0. The van der Waals surface area contributed by atoms with Gasteiger partial charge in [-0.15, -0.1) is 13.2 Å². The first kappa shape index (κ1) is 19.1. The van der Waals surface area contributed by atoms with Gasteiger partial charge in [0.2, 0.25) is 11.8 Å². The maximum atomic E-state index is 12.3. The van der Waals surface area contributed by atoms with Crippen LogP contribution in [0.25, 0.3) is 0 Å². The Morgan fingerprint density at radius 1 is 1.32 bits per heavy atom. The molecule has 1 aromatic carbocycles. The minimum atomic E-state index is -4.73. The molecule has 0 N–H and O–H groups in total. The summed E-state index contributed by atoms with van der Waals surface area (Å²) in [5, 5.41) is 0. The third-order valence-electron chi connectivity index (χ3n) is 4.22. The Morgan fingerprint density at radius 3 is 2.44 bits per heavy atom. The molecule has 1 heterocycles. The van der Waals surface area contributed by atoms with E-state index in [1.165, 1.54) is 24.3 Å². The molecule has 1 atom stereocenters. The van der Waals surface area contributed by atoms with Crippen LogP contribution in [-0.4, -0.2) is 47.6 Å². The molecule has 1 aliphatic heterocycles. The zero-order valence-corrected chi connectivity index (χ0v) is 14.3. The zero-order valence-electron chi connectivity index (χ0n) is 14.3. The molecule has 1 aromatic rings. The Kier molecular flexibility index (Phi) is 5.59. The predicted molar refractivity (Wildman–Crippen MR) is 84.6 cm³/mol. The van der Waals surface area contributed by atoms with Gasteiger partial charge in [-0.05, 0) is 31.5 Å². The molecule has 0 radical (unpaired) electrons. The lowest BCUT2D eigenvalue weighted by molar-refractivity contribution is -0.274. The second kappa shape index (κ2) is 7.33. The molecular formula is C17H21F3N2O3. The molecule has 5 nitrogen and oxygen atoms in total. The van der Waals surface area contributed by atoms with E-state index in [-0.39, 0.29) is 42.5 Å². The van der Waals surface area contributed by atoms with Crippen LogP contribution in [0.2, 0.25) is 0 Å². The van der Waals surface area contributed by atoms with Crippen molar-refractivity contribution in [1.82, 2.24) is 9.80 Å². The highest BCUT2D eigenvalue weighted by Crippen LogP contribution is 2.25. The van der Waals surface area contributed by atoms with Gasteiger partial charge in [-0.25, -0.2) is 0 Å². The fourth-order valence-corrected chi connectivity index (χ4v) is 2.65. The summed E-state index contributed by atoms with van der Waals surface area (Å²) in [6.45, 7) is 4.36. The fourth-order valence-electron chi connectivity index (χ4n) is 2.65. The van der Waals surface area contributed by atoms with Crippen molar-refractivity contribution in [3.05, 3.63) is 29.8 Å². The molecule has 1 fully saturated rings. The summed E-state index contributed by atoms with van der Waals surface area (Å²) < 4.78 is 40.3. The third kappa shape index (κ3) is 5.11. The Hall–Kier alpha value is -2.25. The number of hydrogen-bond acceptors (Lipinski definition) is 3. The molecule has 0 saturated carbocycles. The van der Waals surface area contributed by atoms with Crippen LogP contribution in [-0.2, 0) is 16.1 Å². The number of alkyl halides is 3. The van der Waals surface area contributed by atoms with Crippen LogP contribution >= 0.6 is 0 Å². The highest BCUT2D eigenvalue weighted by molar-refractivity contribution is 5.89. The Morgan fingerprint density at radius 2 is 1.92 bits per heavy atom. The van der Waals surface area contributed by atoms with E-state index in [0.29, 0.717) is 12.1 Å². The molecule has 138 valence electrons. The number of benzene rings is 1. The van der Waals surface area contributed by atoms with Crippen molar-refractivity contribution in [2.75, 3.05) is 13.6 Å². The standard InChI is InChI=1S/C17H21F3N2O3/c1-11(2)21(3)16(24)13-8-15(23)22(10-13)9-12-4-6-14(7-5-12)25-17(18,19)20/h4-7,11,13H,8-10H2,1-3H3. The molecule has 0 aliphatic carbocycles. The number of rotatable bonds is 5. The van der Waals surface area contributed by atoms with E-state index in [4.69, 9.17) is 0 Å². The van der Waals surface area contributed by atoms with Crippen molar-refractivity contribution in [3.63, 3.8) is 0 Å². The van der Waals surface area contributed by atoms with Crippen LogP contribution < -0.4 is 4.74 Å². The smallest absolute Gasteiger partial charge is 0.406 e. The average molecular weight is 358 g/mol. The number of ether oxygens (including phenoxy) is 1. The molecule has 1 saturated heterocycles. The predicted octanol–water partition coefficient (Wildman–Crippen LogP) is 2.80. The monoisotopic (exact) mass is 358 g/mol. The van der Waals surface area contributed by atoms with Crippen molar-refractivity contribution >= 4 is 11.8 Å². The largest absolute Gasteiger partial charge is 0.573 e. The van der Waals surface area contributed by atoms with Gasteiger partial charge in [0.25, 0.3) is 0 Å². The van der Waals surface area contributed by atoms with Gasteiger partial charge in [-0.3, -0.25) is 9.59 Å². The average Bonchev–Trinajstić information content (AvgIpc) is 2.87. The summed E-state index contributed by atoms with van der Waals surface area (Å²) >= 11 is 0. The molecule has 1 aliphatic rings. The lowest BCUT2D eigenvalue weighted by Gasteiger charge is -2.24. The topological polar surface area (TPSA) is 49.9 Å². The van der Waals surface area contributed by atoms with E-state index in [1.54, 1.807) is 16.8 Å². The number of amides is 2. The molecule has 2 rings (SSSR count). The Balaban J connectivity index is 1.97. The molecule has 25 heavy (non-hydrogen) atoms. The van der Waals surface area contributed by atoms with Crippen molar-refractivity contribution < 1.29 is 27.5 Å². The van der Waals surface area contributed by atoms with Crippen LogP contribution in [0.4, 0.5) is 13.2 Å². The van der Waals surface area contributed by atoms with Crippen molar-refractivity contribution in [2.45, 2.75) is 39.2 Å². The van der Waals surface area contributed by atoms with E-state index < -0.39 is 6.36 Å². The summed E-state index contributed by atoms with van der Waals surface area (Å²) in [4.78, 5) is 27.6. The van der Waals surface area contributed by atoms with Gasteiger partial charge in [0.05, 0.1) is 5.92 Å². The highest BCUT2D eigenvalue weighted by atomic mass is 19.4. The minimum absolute atomic E-state index is 0.0535. The van der Waals surface area contributed by atoms with E-state index in [1.807, 2.05) is 13.8 Å². The van der Waals surface area contributed by atoms with Gasteiger partial charge in [0.15, 0.2) is 0 Å². The van der Waals surface area contributed by atoms with Gasteiger partial charge in [0, 0.05) is 32.6 Å². The first-order valence-electron chi connectivity index (χ1n) is 7.96. The lowest BCUT2D eigenvalue weighted by atomic mass is 10.1. The van der Waals surface area contributed by atoms with Crippen molar-refractivity contribution in [2.24, 2.45) is 5.92 Å². The number of nitrogens with zero attached hydrogens (tertiary/aromatic N) is 2. The maximum absolute atomic E-state index is 12.3. The van der Waals surface area contributed by atoms with E-state index >= 15 is 0 Å². The van der Waals surface area contributed by atoms with E-state index in [2.05, 4.69) is 4.74 Å². The summed E-state index contributed by atoms with van der Waals surface area (Å²) in [6, 6.07) is 5.42. The molecule has 0 bridgehead atoms. The van der Waals surface area contributed by atoms with E-state index in [9.17, 15) is 22.8 Å². The van der Waals surface area contributed by atoms with Crippen LogP contribution in [0.3, 0.4) is 0 Å². The van der Waals surface area contributed by atoms with Crippen molar-refractivity contribution in [1.29, 1.82) is 0 Å². The van der Waals surface area contributed by atoms with Gasteiger partial charge in [-0.2, -0.15) is 0 Å². The zero-order chi connectivity index (χ0) is 18.8. The number of carbonyl (C=O) groups excluding carboxylic acids is 2. The minimum Gasteiger partial charge on any atom is -0.406 e. The molecular weight excluding hydrogens is 337 g/mol. The Bertz CT molecular complexity index is 629. The molecule has 0 spiro atoms. The Labute approximate surface area is 144 Å². The van der Waals surface area contributed by atoms with Gasteiger partial charge in [-0.1, -0.05) is 12.1 Å². The van der Waals surface area contributed by atoms with Gasteiger partial charge in [0.1, 0.15) is 5.75 Å². The third-order valence-corrected chi connectivity index (χ3v) is 4.22. The quantitative estimate of drug-likeness (QED) is 0.813. The van der Waals surface area contributed by atoms with Crippen LogP contribution in [0.5, 0.6) is 5.75 Å². The van der Waals surface area contributed by atoms with Crippen molar-refractivity contribution in [3.8, 4) is 5.75 Å². The first-order chi connectivity index (χ1) is 11.6. The molecule has 1 unspecified atom stereocenters. The second-order valence-electron chi connectivity index (χ2n) is 6.41. The van der Waals surface area contributed by atoms with Gasteiger partial charge >= 0.3 is 6.36 Å². The molecule has 8 heteroatoms.